The van der Waals surface area contributed by atoms with Crippen LogP contribution in [0.5, 0.6) is 0 Å². The van der Waals surface area contributed by atoms with Crippen molar-refractivity contribution in [1.82, 2.24) is 10.2 Å². The highest BCUT2D eigenvalue weighted by atomic mass is 32.2. The van der Waals surface area contributed by atoms with Gasteiger partial charge in [0.15, 0.2) is 0 Å². The van der Waals surface area contributed by atoms with Crippen LogP contribution in [0.1, 0.15) is 50.6 Å². The molecule has 116 valence electrons. The van der Waals surface area contributed by atoms with Crippen molar-refractivity contribution in [1.29, 1.82) is 0 Å². The Hall–Kier alpha value is -0.510. The Balaban J connectivity index is 1.66. The molecule has 1 saturated heterocycles. The monoisotopic (exact) mass is 304 g/mol. The summed E-state index contributed by atoms with van der Waals surface area (Å²) in [6.07, 6.45) is 9.02. The molecule has 2 nitrogen and oxygen atoms in total. The van der Waals surface area contributed by atoms with Crippen LogP contribution in [-0.2, 0) is 0 Å². The maximum Gasteiger partial charge on any atom is 0.0323 e. The second kappa shape index (κ2) is 7.17. The Bertz CT molecular complexity index is 435. The molecule has 3 heteroatoms. The van der Waals surface area contributed by atoms with E-state index in [1.165, 1.54) is 55.7 Å². The van der Waals surface area contributed by atoms with E-state index in [0.29, 0.717) is 12.1 Å². The molecular formula is C18H28N2S. The second-order valence-corrected chi connectivity index (χ2v) is 7.40. The summed E-state index contributed by atoms with van der Waals surface area (Å²) in [5.41, 5.74) is 1.47. The van der Waals surface area contributed by atoms with E-state index in [1.807, 2.05) is 11.8 Å². The first-order chi connectivity index (χ1) is 10.3. The highest BCUT2D eigenvalue weighted by Crippen LogP contribution is 2.35. The van der Waals surface area contributed by atoms with Crippen LogP contribution >= 0.6 is 11.8 Å². The quantitative estimate of drug-likeness (QED) is 0.797. The number of hydrogen-bond donors (Lipinski definition) is 1. The number of benzene rings is 1. The average Bonchev–Trinajstić information content (AvgIpc) is 3.38. The summed E-state index contributed by atoms with van der Waals surface area (Å²) in [6.45, 7) is 4.81. The van der Waals surface area contributed by atoms with Gasteiger partial charge in [-0.05, 0) is 63.1 Å². The molecule has 0 radical (unpaired) electrons. The van der Waals surface area contributed by atoms with Crippen LogP contribution in [0.25, 0.3) is 0 Å². The van der Waals surface area contributed by atoms with Gasteiger partial charge in [0.2, 0.25) is 0 Å². The molecule has 0 aromatic heterocycles. The fraction of sp³-hybridized carbons (Fsp3) is 0.667. The molecule has 3 rings (SSSR count). The highest BCUT2D eigenvalue weighted by Gasteiger charge is 2.34. The maximum atomic E-state index is 3.71. The molecule has 2 unspecified atom stereocenters. The predicted molar refractivity (Wildman–Crippen MR) is 92.0 cm³/mol. The first kappa shape index (κ1) is 15.4. The SMILES string of the molecule is CSc1ccc(C(C)N(CC2CCCCN2)C2CC2)cc1. The lowest BCUT2D eigenvalue weighted by atomic mass is 10.0. The van der Waals surface area contributed by atoms with E-state index in [-0.39, 0.29) is 0 Å². The van der Waals surface area contributed by atoms with Crippen LogP contribution in [0.4, 0.5) is 0 Å². The fourth-order valence-electron chi connectivity index (χ4n) is 3.44. The summed E-state index contributed by atoms with van der Waals surface area (Å²) in [4.78, 5) is 4.11. The molecule has 21 heavy (non-hydrogen) atoms. The molecule has 0 spiro atoms. The lowest BCUT2D eigenvalue weighted by molar-refractivity contribution is 0.167. The van der Waals surface area contributed by atoms with Crippen molar-refractivity contribution in [2.45, 2.75) is 62.0 Å². The van der Waals surface area contributed by atoms with Crippen LogP contribution in [-0.4, -0.2) is 36.3 Å². The van der Waals surface area contributed by atoms with Gasteiger partial charge in [0, 0.05) is 29.6 Å². The van der Waals surface area contributed by atoms with E-state index in [9.17, 15) is 0 Å². The molecule has 1 aliphatic heterocycles. The van der Waals surface area contributed by atoms with Crippen LogP contribution in [0.15, 0.2) is 29.2 Å². The molecule has 2 aliphatic rings. The maximum absolute atomic E-state index is 3.71. The largest absolute Gasteiger partial charge is 0.313 e. The second-order valence-electron chi connectivity index (χ2n) is 6.52. The van der Waals surface area contributed by atoms with Gasteiger partial charge in [-0.2, -0.15) is 0 Å². The Morgan fingerprint density at radius 3 is 2.52 bits per heavy atom. The molecule has 0 amide bonds. The molecule has 1 N–H and O–H groups in total. The third-order valence-corrected chi connectivity index (χ3v) is 5.70. The summed E-state index contributed by atoms with van der Waals surface area (Å²) in [6, 6.07) is 11.2. The normalized spacial score (nSPS) is 24.2. The number of nitrogens with zero attached hydrogens (tertiary/aromatic N) is 1. The zero-order valence-corrected chi connectivity index (χ0v) is 14.2. The Morgan fingerprint density at radius 2 is 1.95 bits per heavy atom. The average molecular weight is 305 g/mol. The van der Waals surface area contributed by atoms with Gasteiger partial charge < -0.3 is 5.32 Å². The molecular weight excluding hydrogens is 276 g/mol. The highest BCUT2D eigenvalue weighted by molar-refractivity contribution is 7.98. The van der Waals surface area contributed by atoms with Crippen LogP contribution in [0.3, 0.4) is 0 Å². The van der Waals surface area contributed by atoms with Gasteiger partial charge in [-0.15, -0.1) is 11.8 Å². The number of piperidine rings is 1. The topological polar surface area (TPSA) is 15.3 Å². The van der Waals surface area contributed by atoms with E-state index in [2.05, 4.69) is 47.7 Å². The summed E-state index contributed by atoms with van der Waals surface area (Å²) in [7, 11) is 0. The van der Waals surface area contributed by atoms with E-state index in [0.717, 1.165) is 6.04 Å². The minimum atomic E-state index is 0.539. The number of nitrogens with one attached hydrogen (secondary N) is 1. The minimum Gasteiger partial charge on any atom is -0.313 e. The zero-order valence-electron chi connectivity index (χ0n) is 13.3. The predicted octanol–water partition coefficient (Wildman–Crippen LogP) is 4.08. The first-order valence-electron chi connectivity index (χ1n) is 8.41. The minimum absolute atomic E-state index is 0.539. The van der Waals surface area contributed by atoms with Crippen molar-refractivity contribution < 1.29 is 0 Å². The summed E-state index contributed by atoms with van der Waals surface area (Å²) in [5, 5.41) is 3.71. The molecule has 1 aliphatic carbocycles. The van der Waals surface area contributed by atoms with E-state index in [4.69, 9.17) is 0 Å². The number of hydrogen-bond acceptors (Lipinski definition) is 3. The third kappa shape index (κ3) is 4.02. The van der Waals surface area contributed by atoms with Gasteiger partial charge in [0.1, 0.15) is 0 Å². The van der Waals surface area contributed by atoms with E-state index in [1.54, 1.807) is 0 Å². The molecule has 2 fully saturated rings. The smallest absolute Gasteiger partial charge is 0.0323 e. The van der Waals surface area contributed by atoms with Crippen molar-refractivity contribution in [3.63, 3.8) is 0 Å². The lowest BCUT2D eigenvalue weighted by Gasteiger charge is -2.35. The van der Waals surface area contributed by atoms with E-state index < -0.39 is 0 Å². The molecule has 1 aromatic carbocycles. The summed E-state index contributed by atoms with van der Waals surface area (Å²) >= 11 is 1.82. The zero-order chi connectivity index (χ0) is 14.7. The number of rotatable bonds is 6. The van der Waals surface area contributed by atoms with Crippen molar-refractivity contribution in [3.8, 4) is 0 Å². The van der Waals surface area contributed by atoms with Crippen LogP contribution in [0.2, 0.25) is 0 Å². The Labute approximate surface area is 133 Å². The standard InChI is InChI=1S/C18H28N2S/c1-14(15-6-10-18(21-2)11-7-15)20(17-8-9-17)13-16-5-3-4-12-19-16/h6-7,10-11,14,16-17,19H,3-5,8-9,12-13H2,1-2H3. The third-order valence-electron chi connectivity index (χ3n) is 4.96. The van der Waals surface area contributed by atoms with Gasteiger partial charge in [-0.25, -0.2) is 0 Å². The van der Waals surface area contributed by atoms with Crippen molar-refractivity contribution in [2.24, 2.45) is 0 Å². The molecule has 0 bridgehead atoms. The van der Waals surface area contributed by atoms with Gasteiger partial charge >= 0.3 is 0 Å². The first-order valence-corrected chi connectivity index (χ1v) is 9.63. The van der Waals surface area contributed by atoms with Crippen molar-refractivity contribution in [2.75, 3.05) is 19.3 Å². The molecule has 1 saturated carbocycles. The van der Waals surface area contributed by atoms with Crippen molar-refractivity contribution in [3.05, 3.63) is 29.8 Å². The summed E-state index contributed by atoms with van der Waals surface area (Å²) < 4.78 is 0. The Kier molecular flexibility index (Phi) is 5.25. The summed E-state index contributed by atoms with van der Waals surface area (Å²) in [5.74, 6) is 0. The lowest BCUT2D eigenvalue weighted by Crippen LogP contribution is -2.45. The van der Waals surface area contributed by atoms with Gasteiger partial charge in [0.25, 0.3) is 0 Å². The van der Waals surface area contributed by atoms with E-state index >= 15 is 0 Å². The Morgan fingerprint density at radius 1 is 1.19 bits per heavy atom. The molecule has 1 aromatic rings. The molecule has 1 heterocycles. The van der Waals surface area contributed by atoms with Crippen LogP contribution in [0, 0.1) is 0 Å². The fourth-order valence-corrected chi connectivity index (χ4v) is 3.85. The van der Waals surface area contributed by atoms with Gasteiger partial charge in [-0.3, -0.25) is 4.90 Å². The van der Waals surface area contributed by atoms with Gasteiger partial charge in [-0.1, -0.05) is 18.6 Å². The number of thioether (sulfide) groups is 1. The van der Waals surface area contributed by atoms with Crippen molar-refractivity contribution >= 4 is 11.8 Å². The van der Waals surface area contributed by atoms with Crippen LogP contribution < -0.4 is 5.32 Å². The van der Waals surface area contributed by atoms with Gasteiger partial charge in [0.05, 0.1) is 0 Å². The molecule has 2 atom stereocenters.